The van der Waals surface area contributed by atoms with E-state index in [-0.39, 0.29) is 37.2 Å². The molecule has 0 aromatic heterocycles. The molecule has 3 rings (SSSR count). The van der Waals surface area contributed by atoms with E-state index in [4.69, 9.17) is 4.74 Å². The number of ether oxygens (including phenoxy) is 1. The van der Waals surface area contributed by atoms with Gasteiger partial charge in [0, 0.05) is 18.7 Å². The van der Waals surface area contributed by atoms with Gasteiger partial charge in [0.15, 0.2) is 6.10 Å². The van der Waals surface area contributed by atoms with Crippen molar-refractivity contribution < 1.29 is 19.1 Å². The molecule has 1 aliphatic rings. The molecule has 0 saturated heterocycles. The number of rotatable bonds is 6. The van der Waals surface area contributed by atoms with E-state index >= 15 is 0 Å². The molecule has 0 fully saturated rings. The number of carbonyl (C=O) groups is 3. The van der Waals surface area contributed by atoms with Crippen molar-refractivity contribution in [3.05, 3.63) is 53.1 Å². The second kappa shape index (κ2) is 8.98. The minimum absolute atomic E-state index is 0.0860. The molecule has 0 aliphatic carbocycles. The molecule has 0 radical (unpaired) electrons. The molecule has 7 heteroatoms. The van der Waals surface area contributed by atoms with Gasteiger partial charge in [0.25, 0.3) is 5.91 Å². The van der Waals surface area contributed by atoms with Crippen molar-refractivity contribution >= 4 is 29.1 Å². The Morgan fingerprint density at radius 1 is 1.07 bits per heavy atom. The summed E-state index contributed by atoms with van der Waals surface area (Å²) in [6, 6.07) is 11.2. The highest BCUT2D eigenvalue weighted by Crippen LogP contribution is 2.33. The summed E-state index contributed by atoms with van der Waals surface area (Å²) in [6.45, 7) is 7.65. The number of hydrogen-bond acceptors (Lipinski definition) is 4. The summed E-state index contributed by atoms with van der Waals surface area (Å²) in [4.78, 5) is 38.5. The lowest BCUT2D eigenvalue weighted by Gasteiger charge is -2.32. The van der Waals surface area contributed by atoms with Gasteiger partial charge in [-0.2, -0.15) is 0 Å². The number of nitrogens with one attached hydrogen (secondary N) is 2. The first-order valence-corrected chi connectivity index (χ1v) is 9.97. The third-order valence-corrected chi connectivity index (χ3v) is 5.02. The number of carbonyl (C=O) groups excluding carboxylic acids is 3. The van der Waals surface area contributed by atoms with Crippen LogP contribution >= 0.6 is 0 Å². The minimum Gasteiger partial charge on any atom is -0.479 e. The number of benzene rings is 2. The highest BCUT2D eigenvalue weighted by Gasteiger charge is 2.31. The number of para-hydroxylation sites is 2. The molecule has 1 aliphatic heterocycles. The number of amides is 3. The van der Waals surface area contributed by atoms with Gasteiger partial charge < -0.3 is 20.3 Å². The van der Waals surface area contributed by atoms with Crippen LogP contribution in [0.5, 0.6) is 5.75 Å². The van der Waals surface area contributed by atoms with Gasteiger partial charge >= 0.3 is 0 Å². The number of hydrogen-bond donors (Lipinski definition) is 2. The Morgan fingerprint density at radius 2 is 1.73 bits per heavy atom. The molecule has 1 unspecified atom stereocenters. The quantitative estimate of drug-likeness (QED) is 0.768. The van der Waals surface area contributed by atoms with Gasteiger partial charge in [0.1, 0.15) is 5.75 Å². The average Bonchev–Trinajstić information content (AvgIpc) is 2.69. The van der Waals surface area contributed by atoms with Gasteiger partial charge in [-0.1, -0.05) is 29.8 Å². The maximum Gasteiger partial charge on any atom is 0.267 e. The van der Waals surface area contributed by atoms with Crippen LogP contribution in [-0.4, -0.2) is 36.9 Å². The molecule has 30 heavy (non-hydrogen) atoms. The van der Waals surface area contributed by atoms with Crippen molar-refractivity contribution in [2.24, 2.45) is 0 Å². The van der Waals surface area contributed by atoms with Crippen LogP contribution in [0.25, 0.3) is 0 Å². The second-order valence-electron chi connectivity index (χ2n) is 7.57. The van der Waals surface area contributed by atoms with E-state index in [1.54, 1.807) is 24.0 Å². The first kappa shape index (κ1) is 21.4. The smallest absolute Gasteiger partial charge is 0.267 e. The predicted molar refractivity (Wildman–Crippen MR) is 116 cm³/mol. The fraction of sp³-hybridized carbons (Fsp3) is 0.348. The van der Waals surface area contributed by atoms with Crippen molar-refractivity contribution in [2.45, 2.75) is 40.2 Å². The van der Waals surface area contributed by atoms with E-state index < -0.39 is 6.10 Å². The average molecular weight is 409 g/mol. The summed E-state index contributed by atoms with van der Waals surface area (Å²) in [7, 11) is 0. The van der Waals surface area contributed by atoms with Gasteiger partial charge in [0.05, 0.1) is 12.2 Å². The molecule has 0 saturated carbocycles. The Kier molecular flexibility index (Phi) is 6.40. The zero-order valence-corrected chi connectivity index (χ0v) is 17.7. The van der Waals surface area contributed by atoms with Crippen molar-refractivity contribution in [3.8, 4) is 5.75 Å². The van der Waals surface area contributed by atoms with Crippen LogP contribution < -0.4 is 20.3 Å². The number of nitrogens with zero attached hydrogens (tertiary/aromatic N) is 1. The van der Waals surface area contributed by atoms with Crippen LogP contribution in [-0.2, 0) is 14.4 Å². The molecule has 158 valence electrons. The summed E-state index contributed by atoms with van der Waals surface area (Å²) in [5, 5.41) is 5.48. The highest BCUT2D eigenvalue weighted by molar-refractivity contribution is 6.00. The molecule has 2 N–H and O–H groups in total. The summed E-state index contributed by atoms with van der Waals surface area (Å²) in [5.74, 6) is -0.162. The van der Waals surface area contributed by atoms with E-state index in [2.05, 4.69) is 10.6 Å². The summed E-state index contributed by atoms with van der Waals surface area (Å²) < 4.78 is 5.60. The third kappa shape index (κ3) is 4.79. The molecule has 0 spiro atoms. The first-order valence-electron chi connectivity index (χ1n) is 9.97. The number of anilines is 2. The lowest BCUT2D eigenvalue weighted by Crippen LogP contribution is -2.46. The van der Waals surface area contributed by atoms with Gasteiger partial charge in [-0.3, -0.25) is 14.4 Å². The van der Waals surface area contributed by atoms with E-state index in [0.29, 0.717) is 11.4 Å². The van der Waals surface area contributed by atoms with Crippen LogP contribution in [0.4, 0.5) is 11.4 Å². The van der Waals surface area contributed by atoms with Gasteiger partial charge in [-0.05, 0) is 51.0 Å². The SMILES string of the molecule is Cc1cc(C)c(NC(=O)CNC(=O)CCN2C(=O)C(C)Oc3ccccc32)c(C)c1. The Morgan fingerprint density at radius 3 is 2.43 bits per heavy atom. The minimum atomic E-state index is -0.602. The molecule has 7 nitrogen and oxygen atoms in total. The van der Waals surface area contributed by atoms with Crippen molar-refractivity contribution in [1.29, 1.82) is 0 Å². The molecular weight excluding hydrogens is 382 g/mol. The van der Waals surface area contributed by atoms with Gasteiger partial charge in [-0.25, -0.2) is 0 Å². The highest BCUT2D eigenvalue weighted by atomic mass is 16.5. The lowest BCUT2D eigenvalue weighted by molar-refractivity contribution is -0.126. The van der Waals surface area contributed by atoms with Crippen molar-refractivity contribution in [1.82, 2.24) is 5.32 Å². The van der Waals surface area contributed by atoms with E-state index in [1.165, 1.54) is 0 Å². The van der Waals surface area contributed by atoms with Crippen LogP contribution in [0.3, 0.4) is 0 Å². The Bertz CT molecular complexity index is 963. The third-order valence-electron chi connectivity index (χ3n) is 5.02. The normalized spacial score (nSPS) is 15.3. The van der Waals surface area contributed by atoms with Crippen molar-refractivity contribution in [2.75, 3.05) is 23.3 Å². The fourth-order valence-electron chi connectivity index (χ4n) is 3.63. The summed E-state index contributed by atoms with van der Waals surface area (Å²) in [5.41, 5.74) is 4.50. The predicted octanol–water partition coefficient (Wildman–Crippen LogP) is 2.87. The van der Waals surface area contributed by atoms with Crippen molar-refractivity contribution in [3.63, 3.8) is 0 Å². The monoisotopic (exact) mass is 409 g/mol. The molecule has 2 aromatic rings. The largest absolute Gasteiger partial charge is 0.479 e. The molecular formula is C23H27N3O4. The Balaban J connectivity index is 1.53. The van der Waals surface area contributed by atoms with E-state index in [1.807, 2.05) is 45.0 Å². The zero-order valence-electron chi connectivity index (χ0n) is 17.7. The summed E-state index contributed by atoms with van der Waals surface area (Å²) in [6.07, 6.45) is -0.516. The van der Waals surface area contributed by atoms with Gasteiger partial charge in [-0.15, -0.1) is 0 Å². The summed E-state index contributed by atoms with van der Waals surface area (Å²) >= 11 is 0. The van der Waals surface area contributed by atoms with E-state index in [0.717, 1.165) is 22.4 Å². The van der Waals surface area contributed by atoms with Crippen LogP contribution in [0, 0.1) is 20.8 Å². The number of aryl methyl sites for hydroxylation is 3. The molecule has 1 atom stereocenters. The van der Waals surface area contributed by atoms with Crippen LogP contribution in [0.2, 0.25) is 0 Å². The topological polar surface area (TPSA) is 87.7 Å². The molecule has 1 heterocycles. The maximum atomic E-state index is 12.5. The van der Waals surface area contributed by atoms with Gasteiger partial charge in [0.2, 0.25) is 11.8 Å². The Labute approximate surface area is 176 Å². The van der Waals surface area contributed by atoms with Crippen LogP contribution in [0.15, 0.2) is 36.4 Å². The molecule has 3 amide bonds. The second-order valence-corrected chi connectivity index (χ2v) is 7.57. The molecule has 2 aromatic carbocycles. The standard InChI is InChI=1S/C23H27N3O4/c1-14-11-15(2)22(16(3)12-14)25-21(28)13-24-20(27)9-10-26-18-7-5-6-8-19(18)30-17(4)23(26)29/h5-8,11-12,17H,9-10,13H2,1-4H3,(H,24,27)(H,25,28). The first-order chi connectivity index (χ1) is 14.3. The van der Waals surface area contributed by atoms with E-state index in [9.17, 15) is 14.4 Å². The molecule has 0 bridgehead atoms. The maximum absolute atomic E-state index is 12.5. The number of fused-ring (bicyclic) bond motifs is 1. The lowest BCUT2D eigenvalue weighted by atomic mass is 10.1. The zero-order chi connectivity index (χ0) is 21.8. The fourth-order valence-corrected chi connectivity index (χ4v) is 3.63. The van der Waals surface area contributed by atoms with Crippen LogP contribution in [0.1, 0.15) is 30.0 Å². The Hall–Kier alpha value is -3.35.